The van der Waals surface area contributed by atoms with Gasteiger partial charge < -0.3 is 19.0 Å². The van der Waals surface area contributed by atoms with Crippen molar-refractivity contribution in [1.82, 2.24) is 20.4 Å². The Bertz CT molecular complexity index is 886. The van der Waals surface area contributed by atoms with Gasteiger partial charge >= 0.3 is 0 Å². The van der Waals surface area contributed by atoms with Crippen LogP contribution in [0, 0.1) is 0 Å². The van der Waals surface area contributed by atoms with Crippen molar-refractivity contribution >= 4 is 11.0 Å². The van der Waals surface area contributed by atoms with E-state index < -0.39 is 0 Å². The fourth-order valence-corrected chi connectivity index (χ4v) is 3.22. The predicted octanol–water partition coefficient (Wildman–Crippen LogP) is 2.98. The molecule has 1 N–H and O–H groups in total. The average molecular weight is 356 g/mol. The molecule has 1 aliphatic heterocycles. The van der Waals surface area contributed by atoms with E-state index >= 15 is 0 Å². The van der Waals surface area contributed by atoms with E-state index in [-0.39, 0.29) is 12.1 Å². The number of hydrogen-bond acceptors (Lipinski definition) is 7. The fraction of sp³-hybridized carbons (Fsp3) is 0.474. The first-order chi connectivity index (χ1) is 12.6. The number of rotatable bonds is 5. The van der Waals surface area contributed by atoms with Crippen molar-refractivity contribution in [2.45, 2.75) is 32.6 Å². The SMILES string of the molecule is CC(C)OCc1c(-c2nc(C3CNCCN3C)no2)oc2ccccc12. The van der Waals surface area contributed by atoms with Crippen LogP contribution in [0.5, 0.6) is 0 Å². The Hall–Kier alpha value is -2.22. The molecule has 138 valence electrons. The van der Waals surface area contributed by atoms with E-state index in [1.807, 2.05) is 38.1 Å². The number of ether oxygens (including phenoxy) is 1. The molecular formula is C19H24N4O3. The molecule has 1 unspecified atom stereocenters. The van der Waals surface area contributed by atoms with Gasteiger partial charge in [-0.25, -0.2) is 0 Å². The third-order valence-electron chi connectivity index (χ3n) is 4.70. The van der Waals surface area contributed by atoms with Crippen LogP contribution in [0.4, 0.5) is 0 Å². The van der Waals surface area contributed by atoms with E-state index in [1.54, 1.807) is 0 Å². The van der Waals surface area contributed by atoms with Gasteiger partial charge in [-0.1, -0.05) is 23.4 Å². The Morgan fingerprint density at radius 2 is 2.19 bits per heavy atom. The zero-order valence-corrected chi connectivity index (χ0v) is 15.4. The second-order valence-corrected chi connectivity index (χ2v) is 6.92. The van der Waals surface area contributed by atoms with Gasteiger partial charge in [0.2, 0.25) is 0 Å². The second-order valence-electron chi connectivity index (χ2n) is 6.92. The van der Waals surface area contributed by atoms with Crippen molar-refractivity contribution in [2.75, 3.05) is 26.7 Å². The van der Waals surface area contributed by atoms with Crippen LogP contribution < -0.4 is 5.32 Å². The molecule has 4 rings (SSSR count). The number of piperazine rings is 1. The maximum absolute atomic E-state index is 6.04. The summed E-state index contributed by atoms with van der Waals surface area (Å²) < 4.78 is 17.4. The van der Waals surface area contributed by atoms with Gasteiger partial charge in [-0.05, 0) is 27.0 Å². The van der Waals surface area contributed by atoms with Gasteiger partial charge in [0.15, 0.2) is 11.6 Å². The minimum absolute atomic E-state index is 0.0981. The highest BCUT2D eigenvalue weighted by Crippen LogP contribution is 2.34. The zero-order chi connectivity index (χ0) is 18.1. The van der Waals surface area contributed by atoms with E-state index in [2.05, 4.69) is 27.4 Å². The molecule has 0 amide bonds. The molecule has 0 spiro atoms. The Kier molecular flexibility index (Phi) is 4.76. The number of likely N-dealkylation sites (N-methyl/N-ethyl adjacent to an activating group) is 1. The number of fused-ring (bicyclic) bond motifs is 1. The summed E-state index contributed by atoms with van der Waals surface area (Å²) in [5.74, 6) is 1.67. The molecule has 0 bridgehead atoms. The summed E-state index contributed by atoms with van der Waals surface area (Å²) in [5.41, 5.74) is 1.74. The monoisotopic (exact) mass is 356 g/mol. The number of nitrogens with one attached hydrogen (secondary N) is 1. The lowest BCUT2D eigenvalue weighted by Gasteiger charge is -2.30. The summed E-state index contributed by atoms with van der Waals surface area (Å²) in [7, 11) is 2.07. The smallest absolute Gasteiger partial charge is 0.294 e. The van der Waals surface area contributed by atoms with Crippen LogP contribution in [0.25, 0.3) is 22.6 Å². The highest BCUT2D eigenvalue weighted by atomic mass is 16.5. The Balaban J connectivity index is 1.71. The predicted molar refractivity (Wildman–Crippen MR) is 97.7 cm³/mol. The molecular weight excluding hydrogens is 332 g/mol. The first kappa shape index (κ1) is 17.2. The summed E-state index contributed by atoms with van der Waals surface area (Å²) in [6, 6.07) is 8.00. The van der Waals surface area contributed by atoms with Crippen molar-refractivity contribution in [2.24, 2.45) is 0 Å². The topological polar surface area (TPSA) is 76.6 Å². The van der Waals surface area contributed by atoms with Crippen molar-refractivity contribution in [3.63, 3.8) is 0 Å². The van der Waals surface area contributed by atoms with Crippen LogP contribution >= 0.6 is 0 Å². The highest BCUT2D eigenvalue weighted by Gasteiger charge is 2.27. The number of benzene rings is 1. The first-order valence-corrected chi connectivity index (χ1v) is 9.00. The largest absolute Gasteiger partial charge is 0.450 e. The standard InChI is InChI=1S/C19H24N4O3/c1-12(2)24-11-14-13-6-4-5-7-16(13)25-17(14)19-21-18(22-26-19)15-10-20-8-9-23(15)3/h4-7,12,15,20H,8-11H2,1-3H3. The fourth-order valence-electron chi connectivity index (χ4n) is 3.22. The summed E-state index contributed by atoms with van der Waals surface area (Å²) in [6.07, 6.45) is 0.122. The summed E-state index contributed by atoms with van der Waals surface area (Å²) in [4.78, 5) is 6.86. The number of para-hydroxylation sites is 1. The van der Waals surface area contributed by atoms with E-state index in [0.29, 0.717) is 24.1 Å². The molecule has 7 nitrogen and oxygen atoms in total. The third-order valence-corrected chi connectivity index (χ3v) is 4.70. The maximum atomic E-state index is 6.04. The van der Waals surface area contributed by atoms with Crippen LogP contribution in [0.15, 0.2) is 33.2 Å². The van der Waals surface area contributed by atoms with E-state index in [4.69, 9.17) is 13.7 Å². The summed E-state index contributed by atoms with van der Waals surface area (Å²) >= 11 is 0. The minimum Gasteiger partial charge on any atom is -0.450 e. The molecule has 1 saturated heterocycles. The summed E-state index contributed by atoms with van der Waals surface area (Å²) in [5, 5.41) is 8.59. The molecule has 0 aliphatic carbocycles. The van der Waals surface area contributed by atoms with E-state index in [0.717, 1.165) is 36.2 Å². The molecule has 26 heavy (non-hydrogen) atoms. The molecule has 1 aliphatic rings. The van der Waals surface area contributed by atoms with Crippen LogP contribution in [0.1, 0.15) is 31.3 Å². The molecule has 0 saturated carbocycles. The van der Waals surface area contributed by atoms with Crippen molar-refractivity contribution in [3.8, 4) is 11.7 Å². The summed E-state index contributed by atoms with van der Waals surface area (Å²) in [6.45, 7) is 7.19. The van der Waals surface area contributed by atoms with Crippen molar-refractivity contribution in [3.05, 3.63) is 35.7 Å². The number of hydrogen-bond donors (Lipinski definition) is 1. The van der Waals surface area contributed by atoms with Gasteiger partial charge in [0, 0.05) is 30.6 Å². The van der Waals surface area contributed by atoms with Crippen molar-refractivity contribution in [1.29, 1.82) is 0 Å². The maximum Gasteiger partial charge on any atom is 0.294 e. The number of nitrogens with zero attached hydrogens (tertiary/aromatic N) is 3. The highest BCUT2D eigenvalue weighted by molar-refractivity contribution is 5.86. The zero-order valence-electron chi connectivity index (χ0n) is 15.4. The number of furan rings is 1. The lowest BCUT2D eigenvalue weighted by Crippen LogP contribution is -2.44. The lowest BCUT2D eigenvalue weighted by molar-refractivity contribution is 0.0662. The van der Waals surface area contributed by atoms with Gasteiger partial charge in [0.1, 0.15) is 5.58 Å². The minimum atomic E-state index is 0.0981. The third kappa shape index (κ3) is 3.25. The van der Waals surface area contributed by atoms with E-state index in [1.165, 1.54) is 0 Å². The molecule has 1 atom stereocenters. The molecule has 1 fully saturated rings. The average Bonchev–Trinajstić information content (AvgIpc) is 3.25. The van der Waals surface area contributed by atoms with Crippen LogP contribution in [-0.4, -0.2) is 47.8 Å². The van der Waals surface area contributed by atoms with E-state index in [9.17, 15) is 0 Å². The molecule has 3 aromatic rings. The molecule has 0 radical (unpaired) electrons. The van der Waals surface area contributed by atoms with Crippen molar-refractivity contribution < 1.29 is 13.7 Å². The quantitative estimate of drug-likeness (QED) is 0.753. The Labute approximate surface area is 152 Å². The second kappa shape index (κ2) is 7.19. The molecule has 2 aromatic heterocycles. The Morgan fingerprint density at radius 3 is 3.00 bits per heavy atom. The number of aromatic nitrogens is 2. The Morgan fingerprint density at radius 1 is 1.35 bits per heavy atom. The molecule has 1 aromatic carbocycles. The normalized spacial score (nSPS) is 18.8. The lowest BCUT2D eigenvalue weighted by atomic mass is 10.1. The van der Waals surface area contributed by atoms with Gasteiger partial charge in [-0.2, -0.15) is 4.98 Å². The van der Waals surface area contributed by atoms with Gasteiger partial charge in [0.25, 0.3) is 5.89 Å². The van der Waals surface area contributed by atoms with Crippen LogP contribution in [-0.2, 0) is 11.3 Å². The first-order valence-electron chi connectivity index (χ1n) is 9.00. The van der Waals surface area contributed by atoms with Gasteiger partial charge in [0.05, 0.1) is 18.8 Å². The van der Waals surface area contributed by atoms with Crippen LogP contribution in [0.2, 0.25) is 0 Å². The molecule has 7 heteroatoms. The van der Waals surface area contributed by atoms with Gasteiger partial charge in [-0.3, -0.25) is 4.90 Å². The van der Waals surface area contributed by atoms with Crippen LogP contribution in [0.3, 0.4) is 0 Å². The molecule has 3 heterocycles. The van der Waals surface area contributed by atoms with Gasteiger partial charge in [-0.15, -0.1) is 0 Å².